The third-order valence-corrected chi connectivity index (χ3v) is 3.86. The van der Waals surface area contributed by atoms with Gasteiger partial charge in [0.15, 0.2) is 0 Å². The minimum atomic E-state index is 0.291. The van der Waals surface area contributed by atoms with Gasteiger partial charge in [0, 0.05) is 10.6 Å². The van der Waals surface area contributed by atoms with Crippen molar-refractivity contribution in [2.75, 3.05) is 7.11 Å². The van der Waals surface area contributed by atoms with Crippen molar-refractivity contribution in [1.29, 1.82) is 0 Å². The van der Waals surface area contributed by atoms with Crippen LogP contribution in [0, 0.1) is 0 Å². The van der Waals surface area contributed by atoms with Crippen LogP contribution in [0.3, 0.4) is 0 Å². The van der Waals surface area contributed by atoms with E-state index in [1.165, 1.54) is 17.3 Å². The molecule has 0 fully saturated rings. The number of benzene rings is 2. The molecule has 0 aliphatic heterocycles. The second-order valence-electron chi connectivity index (χ2n) is 5.02. The van der Waals surface area contributed by atoms with E-state index in [4.69, 9.17) is 32.7 Å². The quantitative estimate of drug-likeness (QED) is 0.608. The average molecular weight is 377 g/mol. The van der Waals surface area contributed by atoms with Crippen molar-refractivity contribution in [1.82, 2.24) is 14.9 Å². The Labute approximate surface area is 154 Å². The van der Waals surface area contributed by atoms with E-state index in [-0.39, 0.29) is 0 Å². The molecule has 1 heterocycles. The first kappa shape index (κ1) is 17.3. The van der Waals surface area contributed by atoms with Crippen molar-refractivity contribution in [2.24, 2.45) is 5.10 Å². The van der Waals surface area contributed by atoms with Crippen molar-refractivity contribution in [3.63, 3.8) is 0 Å². The van der Waals surface area contributed by atoms with Gasteiger partial charge in [0.2, 0.25) is 0 Å². The van der Waals surface area contributed by atoms with Gasteiger partial charge in [0.25, 0.3) is 0 Å². The van der Waals surface area contributed by atoms with Crippen molar-refractivity contribution >= 4 is 29.4 Å². The van der Waals surface area contributed by atoms with Crippen LogP contribution in [0.15, 0.2) is 54.2 Å². The van der Waals surface area contributed by atoms with Crippen LogP contribution >= 0.6 is 23.2 Å². The molecule has 3 aromatic rings. The highest BCUT2D eigenvalue weighted by molar-refractivity contribution is 6.35. The lowest BCUT2D eigenvalue weighted by Crippen LogP contribution is -2.00. The molecule has 0 atom stereocenters. The Balaban J connectivity index is 1.78. The average Bonchev–Trinajstić information content (AvgIpc) is 3.13. The molecule has 0 bridgehead atoms. The molecule has 0 saturated carbocycles. The molecule has 3 rings (SSSR count). The highest BCUT2D eigenvalue weighted by Crippen LogP contribution is 2.29. The Morgan fingerprint density at radius 3 is 2.56 bits per heavy atom. The number of ether oxygens (including phenoxy) is 2. The molecule has 0 aliphatic carbocycles. The zero-order valence-corrected chi connectivity index (χ0v) is 14.8. The molecular weight excluding hydrogens is 363 g/mol. The first-order chi connectivity index (χ1) is 12.2. The second-order valence-corrected chi connectivity index (χ2v) is 5.86. The Morgan fingerprint density at radius 1 is 1.08 bits per heavy atom. The maximum Gasteiger partial charge on any atom is 0.141 e. The SMILES string of the molecule is COc1ccc(/C=N\n2cnnc2)cc1COc1ccc(Cl)cc1Cl. The first-order valence-electron chi connectivity index (χ1n) is 7.29. The first-order valence-corrected chi connectivity index (χ1v) is 8.05. The van der Waals surface area contributed by atoms with Gasteiger partial charge in [-0.25, -0.2) is 4.68 Å². The Hall–Kier alpha value is -2.57. The highest BCUT2D eigenvalue weighted by Gasteiger charge is 2.08. The number of rotatable bonds is 6. The van der Waals surface area contributed by atoms with E-state index in [1.807, 2.05) is 18.2 Å². The molecule has 0 unspecified atom stereocenters. The van der Waals surface area contributed by atoms with E-state index in [1.54, 1.807) is 31.5 Å². The van der Waals surface area contributed by atoms with Gasteiger partial charge in [-0.15, -0.1) is 10.2 Å². The monoisotopic (exact) mass is 376 g/mol. The summed E-state index contributed by atoms with van der Waals surface area (Å²) in [5, 5.41) is 12.6. The summed E-state index contributed by atoms with van der Waals surface area (Å²) in [6.45, 7) is 0.291. The van der Waals surface area contributed by atoms with Crippen LogP contribution in [0.2, 0.25) is 10.0 Å². The number of hydrogen-bond acceptors (Lipinski definition) is 5. The summed E-state index contributed by atoms with van der Waals surface area (Å²) in [4.78, 5) is 0. The zero-order chi connectivity index (χ0) is 17.6. The van der Waals surface area contributed by atoms with Gasteiger partial charge >= 0.3 is 0 Å². The Bertz CT molecular complexity index is 882. The molecule has 0 saturated heterocycles. The summed E-state index contributed by atoms with van der Waals surface area (Å²) in [6.07, 6.45) is 4.71. The molecule has 6 nitrogen and oxygen atoms in total. The van der Waals surface area contributed by atoms with Crippen molar-refractivity contribution in [3.8, 4) is 11.5 Å². The summed E-state index contributed by atoms with van der Waals surface area (Å²) in [5.41, 5.74) is 1.75. The minimum absolute atomic E-state index is 0.291. The topological polar surface area (TPSA) is 61.5 Å². The summed E-state index contributed by atoms with van der Waals surface area (Å²) in [7, 11) is 1.61. The van der Waals surface area contributed by atoms with Gasteiger partial charge < -0.3 is 9.47 Å². The van der Waals surface area contributed by atoms with E-state index in [0.29, 0.717) is 28.2 Å². The molecule has 0 aliphatic rings. The number of halogens is 2. The van der Waals surface area contributed by atoms with E-state index < -0.39 is 0 Å². The van der Waals surface area contributed by atoms with E-state index in [2.05, 4.69) is 15.3 Å². The molecule has 2 aromatic carbocycles. The normalized spacial score (nSPS) is 11.0. The lowest BCUT2D eigenvalue weighted by molar-refractivity contribution is 0.297. The highest BCUT2D eigenvalue weighted by atomic mass is 35.5. The third kappa shape index (κ3) is 4.49. The molecule has 128 valence electrons. The van der Waals surface area contributed by atoms with Gasteiger partial charge in [-0.2, -0.15) is 5.10 Å². The number of nitrogens with zero attached hydrogens (tertiary/aromatic N) is 4. The van der Waals surface area contributed by atoms with E-state index in [9.17, 15) is 0 Å². The number of methoxy groups -OCH3 is 1. The fourth-order valence-corrected chi connectivity index (χ4v) is 2.59. The molecule has 0 radical (unpaired) electrons. The van der Waals surface area contributed by atoms with Crippen LogP contribution in [0.5, 0.6) is 11.5 Å². The molecular formula is C17H14Cl2N4O2. The molecule has 0 amide bonds. The van der Waals surface area contributed by atoms with Crippen molar-refractivity contribution < 1.29 is 9.47 Å². The predicted octanol–water partition coefficient (Wildman–Crippen LogP) is 4.05. The van der Waals surface area contributed by atoms with Crippen molar-refractivity contribution in [3.05, 3.63) is 70.2 Å². The third-order valence-electron chi connectivity index (χ3n) is 3.33. The van der Waals surface area contributed by atoms with Crippen LogP contribution in [0.25, 0.3) is 0 Å². The van der Waals surface area contributed by atoms with Crippen LogP contribution < -0.4 is 9.47 Å². The summed E-state index contributed by atoms with van der Waals surface area (Å²) >= 11 is 12.0. The standard InChI is InChI=1S/C17H14Cl2N4O2/c1-24-16-4-2-12(8-22-23-10-20-21-11-23)6-13(16)9-25-17-5-3-14(18)7-15(17)19/h2-8,10-11H,9H2,1H3/b22-8-. The largest absolute Gasteiger partial charge is 0.496 e. The summed E-state index contributed by atoms with van der Waals surface area (Å²) < 4.78 is 12.7. The second kappa shape index (κ2) is 8.00. The molecule has 8 heteroatoms. The van der Waals surface area contributed by atoms with Crippen LogP contribution in [0.4, 0.5) is 0 Å². The molecule has 25 heavy (non-hydrogen) atoms. The molecule has 0 spiro atoms. The van der Waals surface area contributed by atoms with Crippen LogP contribution in [0.1, 0.15) is 11.1 Å². The predicted molar refractivity (Wildman–Crippen MR) is 96.8 cm³/mol. The fraction of sp³-hybridized carbons (Fsp3) is 0.118. The lowest BCUT2D eigenvalue weighted by Gasteiger charge is -2.12. The maximum atomic E-state index is 6.13. The fourth-order valence-electron chi connectivity index (χ4n) is 2.13. The van der Waals surface area contributed by atoms with E-state index >= 15 is 0 Å². The van der Waals surface area contributed by atoms with Gasteiger partial charge in [-0.05, 0) is 42.0 Å². The molecule has 0 N–H and O–H groups in total. The van der Waals surface area contributed by atoms with Crippen molar-refractivity contribution in [2.45, 2.75) is 6.61 Å². The summed E-state index contributed by atoms with van der Waals surface area (Å²) in [5.74, 6) is 1.27. The number of hydrogen-bond donors (Lipinski definition) is 0. The van der Waals surface area contributed by atoms with E-state index in [0.717, 1.165) is 11.1 Å². The molecule has 1 aromatic heterocycles. The lowest BCUT2D eigenvalue weighted by atomic mass is 10.1. The zero-order valence-electron chi connectivity index (χ0n) is 13.3. The number of aromatic nitrogens is 3. The Morgan fingerprint density at radius 2 is 1.84 bits per heavy atom. The van der Waals surface area contributed by atoms with Gasteiger partial charge in [-0.3, -0.25) is 0 Å². The van der Waals surface area contributed by atoms with Crippen LogP contribution in [-0.4, -0.2) is 28.2 Å². The summed E-state index contributed by atoms with van der Waals surface area (Å²) in [6, 6.07) is 10.8. The minimum Gasteiger partial charge on any atom is -0.496 e. The van der Waals surface area contributed by atoms with Gasteiger partial charge in [0.1, 0.15) is 30.8 Å². The maximum absolute atomic E-state index is 6.13. The van der Waals surface area contributed by atoms with Crippen LogP contribution in [-0.2, 0) is 6.61 Å². The van der Waals surface area contributed by atoms with Gasteiger partial charge in [-0.1, -0.05) is 23.2 Å². The smallest absolute Gasteiger partial charge is 0.141 e. The Kier molecular flexibility index (Phi) is 5.53. The van der Waals surface area contributed by atoms with Gasteiger partial charge in [0.05, 0.1) is 18.3 Å².